The number of benzene rings is 1. The van der Waals surface area contributed by atoms with Crippen molar-refractivity contribution in [3.8, 4) is 0 Å². The minimum absolute atomic E-state index is 0.0277. The summed E-state index contributed by atoms with van der Waals surface area (Å²) >= 11 is 7.35. The van der Waals surface area contributed by atoms with Gasteiger partial charge in [-0.2, -0.15) is 0 Å². The molecular formula is C13H14ClN3O2S. The standard InChI is InChI=1S/C13H14ClN3O2S/c1-13(2,12-15-5-6-20-12)16-8-9-3-4-10(14)7-11(9)17(18)19/h3-7,16H,8H2,1-2H3. The predicted molar refractivity (Wildman–Crippen MR) is 80.1 cm³/mol. The molecule has 0 atom stereocenters. The summed E-state index contributed by atoms with van der Waals surface area (Å²) in [6.07, 6.45) is 1.74. The first-order valence-corrected chi connectivity index (χ1v) is 7.24. The van der Waals surface area contributed by atoms with Gasteiger partial charge in [-0.25, -0.2) is 4.98 Å². The van der Waals surface area contributed by atoms with E-state index < -0.39 is 4.92 Å². The minimum atomic E-state index is -0.417. The molecule has 2 rings (SSSR count). The Morgan fingerprint density at radius 3 is 2.85 bits per heavy atom. The van der Waals surface area contributed by atoms with Gasteiger partial charge < -0.3 is 5.32 Å². The fraction of sp³-hybridized carbons (Fsp3) is 0.308. The summed E-state index contributed by atoms with van der Waals surface area (Å²) in [5.41, 5.74) is 0.283. The van der Waals surface area contributed by atoms with Crippen molar-refractivity contribution in [2.24, 2.45) is 0 Å². The third-order valence-corrected chi connectivity index (χ3v) is 4.26. The molecule has 1 aromatic heterocycles. The van der Waals surface area contributed by atoms with E-state index in [9.17, 15) is 10.1 Å². The maximum absolute atomic E-state index is 11.0. The van der Waals surface area contributed by atoms with Crippen molar-refractivity contribution in [2.45, 2.75) is 25.9 Å². The highest BCUT2D eigenvalue weighted by Crippen LogP contribution is 2.26. The smallest absolute Gasteiger partial charge is 0.275 e. The van der Waals surface area contributed by atoms with Gasteiger partial charge in [-0.15, -0.1) is 11.3 Å². The molecule has 106 valence electrons. The van der Waals surface area contributed by atoms with Crippen molar-refractivity contribution < 1.29 is 4.92 Å². The Hall–Kier alpha value is -1.50. The van der Waals surface area contributed by atoms with Crippen LogP contribution in [0.2, 0.25) is 5.02 Å². The number of nitro benzene ring substituents is 1. The van der Waals surface area contributed by atoms with Crippen molar-refractivity contribution in [1.82, 2.24) is 10.3 Å². The van der Waals surface area contributed by atoms with Crippen LogP contribution in [-0.2, 0) is 12.1 Å². The average molecular weight is 312 g/mol. The molecule has 1 N–H and O–H groups in total. The molecule has 0 saturated carbocycles. The van der Waals surface area contributed by atoms with Crippen LogP contribution in [0, 0.1) is 10.1 Å². The Labute approximate surface area is 125 Å². The second kappa shape index (κ2) is 5.87. The number of hydrogen-bond acceptors (Lipinski definition) is 5. The largest absolute Gasteiger partial charge is 0.301 e. The molecule has 0 saturated heterocycles. The molecule has 0 aliphatic heterocycles. The molecule has 0 radical (unpaired) electrons. The first-order chi connectivity index (χ1) is 9.40. The Balaban J connectivity index is 2.17. The number of aromatic nitrogens is 1. The van der Waals surface area contributed by atoms with Crippen LogP contribution in [0.15, 0.2) is 29.8 Å². The van der Waals surface area contributed by atoms with Gasteiger partial charge in [-0.1, -0.05) is 11.6 Å². The van der Waals surface area contributed by atoms with Crippen molar-refractivity contribution >= 4 is 28.6 Å². The topological polar surface area (TPSA) is 68.1 Å². The summed E-state index contributed by atoms with van der Waals surface area (Å²) in [4.78, 5) is 14.9. The van der Waals surface area contributed by atoms with E-state index in [0.29, 0.717) is 17.1 Å². The lowest BCUT2D eigenvalue weighted by atomic mass is 10.1. The molecule has 1 aromatic carbocycles. The molecule has 0 unspecified atom stereocenters. The molecule has 7 heteroatoms. The van der Waals surface area contributed by atoms with E-state index in [1.807, 2.05) is 19.2 Å². The highest BCUT2D eigenvalue weighted by atomic mass is 35.5. The van der Waals surface area contributed by atoms with Crippen LogP contribution in [-0.4, -0.2) is 9.91 Å². The van der Waals surface area contributed by atoms with Gasteiger partial charge in [0.05, 0.1) is 10.5 Å². The number of thiazole rings is 1. The van der Waals surface area contributed by atoms with Crippen LogP contribution in [0.25, 0.3) is 0 Å². The second-order valence-electron chi connectivity index (χ2n) is 4.85. The Morgan fingerprint density at radius 2 is 2.25 bits per heavy atom. The van der Waals surface area contributed by atoms with Gasteiger partial charge in [0.15, 0.2) is 0 Å². The van der Waals surface area contributed by atoms with Crippen molar-refractivity contribution in [2.75, 3.05) is 0 Å². The van der Waals surface area contributed by atoms with E-state index in [2.05, 4.69) is 10.3 Å². The van der Waals surface area contributed by atoms with Crippen molar-refractivity contribution in [3.05, 3.63) is 55.5 Å². The van der Waals surface area contributed by atoms with Gasteiger partial charge >= 0.3 is 0 Å². The van der Waals surface area contributed by atoms with Gasteiger partial charge in [-0.3, -0.25) is 10.1 Å². The highest BCUT2D eigenvalue weighted by Gasteiger charge is 2.24. The van der Waals surface area contributed by atoms with Crippen LogP contribution < -0.4 is 5.32 Å². The van der Waals surface area contributed by atoms with Gasteiger partial charge in [-0.05, 0) is 26.0 Å². The number of hydrogen-bond donors (Lipinski definition) is 1. The van der Waals surface area contributed by atoms with Gasteiger partial charge in [0.25, 0.3) is 5.69 Å². The Kier molecular flexibility index (Phi) is 4.37. The first-order valence-electron chi connectivity index (χ1n) is 5.98. The third-order valence-electron chi connectivity index (χ3n) is 2.93. The Morgan fingerprint density at radius 1 is 1.50 bits per heavy atom. The maximum atomic E-state index is 11.0. The lowest BCUT2D eigenvalue weighted by Crippen LogP contribution is -2.36. The Bertz CT molecular complexity index is 614. The molecule has 0 bridgehead atoms. The molecule has 2 aromatic rings. The molecule has 1 heterocycles. The fourth-order valence-electron chi connectivity index (χ4n) is 1.78. The molecular weight excluding hydrogens is 298 g/mol. The monoisotopic (exact) mass is 311 g/mol. The first kappa shape index (κ1) is 14.9. The van der Waals surface area contributed by atoms with E-state index in [1.54, 1.807) is 29.7 Å². The third kappa shape index (κ3) is 3.33. The normalized spacial score (nSPS) is 11.6. The second-order valence-corrected chi connectivity index (χ2v) is 6.18. The van der Waals surface area contributed by atoms with E-state index in [1.165, 1.54) is 6.07 Å². The summed E-state index contributed by atoms with van der Waals surface area (Å²) in [6, 6.07) is 4.70. The van der Waals surface area contributed by atoms with Crippen LogP contribution in [0.1, 0.15) is 24.4 Å². The molecule has 0 amide bonds. The number of nitro groups is 1. The molecule has 0 spiro atoms. The minimum Gasteiger partial charge on any atom is -0.301 e. The number of rotatable bonds is 5. The zero-order valence-electron chi connectivity index (χ0n) is 11.1. The summed E-state index contributed by atoms with van der Waals surface area (Å²) in [7, 11) is 0. The van der Waals surface area contributed by atoms with Gasteiger partial charge in [0.1, 0.15) is 5.01 Å². The van der Waals surface area contributed by atoms with Crippen LogP contribution >= 0.6 is 22.9 Å². The van der Waals surface area contributed by atoms with Gasteiger partial charge in [0, 0.05) is 34.8 Å². The SMILES string of the molecule is CC(C)(NCc1ccc(Cl)cc1[N+](=O)[O-])c1nccs1. The molecule has 0 aliphatic rings. The lowest BCUT2D eigenvalue weighted by Gasteiger charge is -2.23. The van der Waals surface area contributed by atoms with Crippen LogP contribution in [0.4, 0.5) is 5.69 Å². The quantitative estimate of drug-likeness (QED) is 0.675. The molecule has 5 nitrogen and oxygen atoms in total. The van der Waals surface area contributed by atoms with E-state index in [0.717, 1.165) is 5.01 Å². The van der Waals surface area contributed by atoms with Crippen LogP contribution in [0.5, 0.6) is 0 Å². The van der Waals surface area contributed by atoms with E-state index in [-0.39, 0.29) is 11.2 Å². The van der Waals surface area contributed by atoms with E-state index >= 15 is 0 Å². The zero-order chi connectivity index (χ0) is 14.8. The van der Waals surface area contributed by atoms with Crippen molar-refractivity contribution in [1.29, 1.82) is 0 Å². The summed E-state index contributed by atoms with van der Waals surface area (Å²) in [5, 5.41) is 17.5. The summed E-state index contributed by atoms with van der Waals surface area (Å²) in [5.74, 6) is 0. The number of nitrogens with zero attached hydrogens (tertiary/aromatic N) is 2. The average Bonchev–Trinajstić information content (AvgIpc) is 2.91. The van der Waals surface area contributed by atoms with E-state index in [4.69, 9.17) is 11.6 Å². The molecule has 20 heavy (non-hydrogen) atoms. The van der Waals surface area contributed by atoms with Crippen molar-refractivity contribution in [3.63, 3.8) is 0 Å². The summed E-state index contributed by atoms with van der Waals surface area (Å²) < 4.78 is 0. The summed E-state index contributed by atoms with van der Waals surface area (Å²) in [6.45, 7) is 4.36. The molecule has 0 aliphatic carbocycles. The molecule has 0 fully saturated rings. The number of nitrogens with one attached hydrogen (secondary N) is 1. The highest BCUT2D eigenvalue weighted by molar-refractivity contribution is 7.09. The van der Waals surface area contributed by atoms with Gasteiger partial charge in [0.2, 0.25) is 0 Å². The predicted octanol–water partition coefficient (Wildman–Crippen LogP) is 3.73. The van der Waals surface area contributed by atoms with Crippen LogP contribution in [0.3, 0.4) is 0 Å². The zero-order valence-corrected chi connectivity index (χ0v) is 12.7. The maximum Gasteiger partial charge on any atom is 0.275 e. The number of halogens is 1. The fourth-order valence-corrected chi connectivity index (χ4v) is 2.69. The lowest BCUT2D eigenvalue weighted by molar-refractivity contribution is -0.385.